The van der Waals surface area contributed by atoms with E-state index in [1.54, 1.807) is 19.1 Å². The highest BCUT2D eigenvalue weighted by atomic mass is 79.9. The van der Waals surface area contributed by atoms with Crippen LogP contribution in [0.4, 0.5) is 4.79 Å². The number of phenolic OH excluding ortho intramolecular Hbond substituents is 1. The fourth-order valence-corrected chi connectivity index (χ4v) is 3.59. The number of carbonyl (C=O) groups excluding carboxylic acids is 2. The van der Waals surface area contributed by atoms with Gasteiger partial charge in [-0.1, -0.05) is 6.08 Å². The smallest absolute Gasteiger partial charge is 0.293 e. The topological polar surface area (TPSA) is 66.8 Å². The Hall–Kier alpha value is -1.25. The number of hydrogen-bond donors (Lipinski definition) is 1. The van der Waals surface area contributed by atoms with Crippen LogP contribution in [0.2, 0.25) is 0 Å². The summed E-state index contributed by atoms with van der Waals surface area (Å²) >= 11 is 7.50. The number of amides is 2. The predicted molar refractivity (Wildman–Crippen MR) is 97.5 cm³/mol. The summed E-state index contributed by atoms with van der Waals surface area (Å²) in [5.74, 6) is -0.108. The molecule has 1 fully saturated rings. The molecule has 1 aromatic rings. The van der Waals surface area contributed by atoms with Crippen molar-refractivity contribution in [3.8, 4) is 11.5 Å². The van der Waals surface area contributed by atoms with Gasteiger partial charge in [0.25, 0.3) is 11.1 Å². The van der Waals surface area contributed by atoms with Crippen molar-refractivity contribution in [3.05, 3.63) is 38.1 Å². The van der Waals surface area contributed by atoms with Crippen LogP contribution in [0.25, 0.3) is 6.08 Å². The molecule has 2 amide bonds. The zero-order valence-corrected chi connectivity index (χ0v) is 16.1. The first-order valence-corrected chi connectivity index (χ1v) is 9.01. The summed E-state index contributed by atoms with van der Waals surface area (Å²) in [6.07, 6.45) is 3.09. The Bertz CT molecular complexity index is 718. The predicted octanol–water partition coefficient (Wildman–Crippen LogP) is 4.54. The van der Waals surface area contributed by atoms with E-state index in [1.807, 2.05) is 0 Å². The number of imide groups is 1. The van der Waals surface area contributed by atoms with E-state index in [0.29, 0.717) is 31.8 Å². The second kappa shape index (κ2) is 7.55. The van der Waals surface area contributed by atoms with Gasteiger partial charge in [0.15, 0.2) is 11.5 Å². The Morgan fingerprint density at radius 1 is 1.39 bits per heavy atom. The van der Waals surface area contributed by atoms with Gasteiger partial charge in [0, 0.05) is 11.0 Å². The molecule has 1 aliphatic heterocycles. The maximum absolute atomic E-state index is 12.2. The minimum atomic E-state index is -0.367. The molecular formula is C15H13Br2NO4S. The van der Waals surface area contributed by atoms with Crippen molar-refractivity contribution < 1.29 is 19.4 Å². The molecule has 5 nitrogen and oxygen atoms in total. The third-order valence-corrected chi connectivity index (χ3v) is 6.01. The third kappa shape index (κ3) is 3.64. The van der Waals surface area contributed by atoms with E-state index in [1.165, 1.54) is 6.08 Å². The Kier molecular flexibility index (Phi) is 5.94. The van der Waals surface area contributed by atoms with Crippen LogP contribution in [0.3, 0.4) is 0 Å². The Morgan fingerprint density at radius 3 is 2.70 bits per heavy atom. The number of nitrogens with zero attached hydrogens (tertiary/aromatic N) is 1. The summed E-state index contributed by atoms with van der Waals surface area (Å²) in [5, 5.41) is 9.70. The maximum atomic E-state index is 12.2. The quantitative estimate of drug-likeness (QED) is 0.514. The lowest BCUT2D eigenvalue weighted by Gasteiger charge is -2.11. The molecule has 0 unspecified atom stereocenters. The summed E-state index contributed by atoms with van der Waals surface area (Å²) in [4.78, 5) is 25.5. The van der Waals surface area contributed by atoms with Gasteiger partial charge in [-0.3, -0.25) is 14.5 Å². The van der Waals surface area contributed by atoms with Crippen LogP contribution in [-0.2, 0) is 4.79 Å². The molecule has 0 bridgehead atoms. The molecule has 1 saturated heterocycles. The second-order valence-electron chi connectivity index (χ2n) is 4.45. The summed E-state index contributed by atoms with van der Waals surface area (Å²) in [7, 11) is 0. The number of hydrogen-bond acceptors (Lipinski definition) is 5. The van der Waals surface area contributed by atoms with Gasteiger partial charge in [0.2, 0.25) is 0 Å². The molecule has 0 saturated carbocycles. The van der Waals surface area contributed by atoms with Crippen LogP contribution < -0.4 is 4.74 Å². The standard InChI is InChI=1S/C15H13Br2NO4S/c1-3-5-18-14(20)10(23-15(18)21)7-8-6-9(22-4-2)13(19)12(17)11(8)16/h3,6-7,19H,1,4-5H2,2H3/b10-7+. The van der Waals surface area contributed by atoms with Gasteiger partial charge in [-0.2, -0.15) is 0 Å². The number of carbonyl (C=O) groups is 2. The molecule has 8 heteroatoms. The molecule has 1 aromatic carbocycles. The maximum Gasteiger partial charge on any atom is 0.293 e. The molecular weight excluding hydrogens is 450 g/mol. The third-order valence-electron chi connectivity index (χ3n) is 2.95. The lowest BCUT2D eigenvalue weighted by atomic mass is 10.2. The van der Waals surface area contributed by atoms with Crippen molar-refractivity contribution >= 4 is 60.8 Å². The minimum Gasteiger partial charge on any atom is -0.503 e. The number of halogens is 2. The normalized spacial score (nSPS) is 16.3. The van der Waals surface area contributed by atoms with Gasteiger partial charge >= 0.3 is 0 Å². The van der Waals surface area contributed by atoms with E-state index < -0.39 is 0 Å². The van der Waals surface area contributed by atoms with Gasteiger partial charge in [0.1, 0.15) is 0 Å². The molecule has 0 spiro atoms. The molecule has 1 heterocycles. The lowest BCUT2D eigenvalue weighted by Crippen LogP contribution is -2.27. The minimum absolute atomic E-state index is 0.0318. The molecule has 23 heavy (non-hydrogen) atoms. The van der Waals surface area contributed by atoms with Gasteiger partial charge in [-0.05, 0) is 68.3 Å². The average Bonchev–Trinajstić information content (AvgIpc) is 2.78. The van der Waals surface area contributed by atoms with E-state index in [2.05, 4.69) is 38.4 Å². The monoisotopic (exact) mass is 461 g/mol. The Labute approximate surface area is 154 Å². The van der Waals surface area contributed by atoms with Crippen LogP contribution in [0.15, 0.2) is 32.6 Å². The highest BCUT2D eigenvalue weighted by Crippen LogP contribution is 2.43. The van der Waals surface area contributed by atoms with Crippen LogP contribution in [0.5, 0.6) is 11.5 Å². The molecule has 1 N–H and O–H groups in total. The van der Waals surface area contributed by atoms with E-state index >= 15 is 0 Å². The highest BCUT2D eigenvalue weighted by molar-refractivity contribution is 9.13. The molecule has 2 rings (SSSR count). The fraction of sp³-hybridized carbons (Fsp3) is 0.200. The van der Waals surface area contributed by atoms with Gasteiger partial charge in [-0.25, -0.2) is 0 Å². The molecule has 0 atom stereocenters. The number of rotatable bonds is 5. The molecule has 0 aliphatic carbocycles. The Balaban J connectivity index is 2.45. The van der Waals surface area contributed by atoms with Crippen molar-refractivity contribution in [1.82, 2.24) is 4.90 Å². The fourth-order valence-electron chi connectivity index (χ4n) is 1.91. The van der Waals surface area contributed by atoms with E-state index in [9.17, 15) is 14.7 Å². The van der Waals surface area contributed by atoms with Gasteiger partial charge < -0.3 is 9.84 Å². The summed E-state index contributed by atoms with van der Waals surface area (Å²) in [6, 6.07) is 1.61. The van der Waals surface area contributed by atoms with Crippen LogP contribution in [0, 0.1) is 0 Å². The van der Waals surface area contributed by atoms with Crippen LogP contribution >= 0.6 is 43.6 Å². The molecule has 0 radical (unpaired) electrons. The van der Waals surface area contributed by atoms with Crippen molar-refractivity contribution in [1.29, 1.82) is 0 Å². The van der Waals surface area contributed by atoms with Crippen LogP contribution in [-0.4, -0.2) is 34.3 Å². The van der Waals surface area contributed by atoms with Crippen molar-refractivity contribution in [2.45, 2.75) is 6.92 Å². The highest BCUT2D eigenvalue weighted by Gasteiger charge is 2.34. The largest absolute Gasteiger partial charge is 0.503 e. The van der Waals surface area contributed by atoms with E-state index in [0.717, 1.165) is 16.7 Å². The van der Waals surface area contributed by atoms with Crippen molar-refractivity contribution in [2.75, 3.05) is 13.2 Å². The van der Waals surface area contributed by atoms with Gasteiger partial charge in [0.05, 0.1) is 16.0 Å². The second-order valence-corrected chi connectivity index (χ2v) is 7.03. The zero-order valence-electron chi connectivity index (χ0n) is 12.1. The molecule has 122 valence electrons. The van der Waals surface area contributed by atoms with Crippen LogP contribution in [0.1, 0.15) is 12.5 Å². The number of ether oxygens (including phenoxy) is 1. The lowest BCUT2D eigenvalue weighted by molar-refractivity contribution is -0.122. The van der Waals surface area contributed by atoms with Crippen molar-refractivity contribution in [2.24, 2.45) is 0 Å². The number of thioether (sulfide) groups is 1. The number of phenols is 1. The van der Waals surface area contributed by atoms with E-state index in [-0.39, 0.29) is 23.4 Å². The Morgan fingerprint density at radius 2 is 2.09 bits per heavy atom. The first-order valence-electron chi connectivity index (χ1n) is 6.60. The zero-order chi connectivity index (χ0) is 17.1. The molecule has 0 aromatic heterocycles. The first kappa shape index (κ1) is 18.1. The summed E-state index contributed by atoms with van der Waals surface area (Å²) in [5.41, 5.74) is 0.613. The number of aromatic hydroxyl groups is 1. The number of benzene rings is 1. The average molecular weight is 463 g/mol. The molecule has 1 aliphatic rings. The van der Waals surface area contributed by atoms with Crippen molar-refractivity contribution in [3.63, 3.8) is 0 Å². The SMILES string of the molecule is C=CCN1C(=O)S/C(=C/c2cc(OCC)c(O)c(Br)c2Br)C1=O. The summed E-state index contributed by atoms with van der Waals surface area (Å²) < 4.78 is 6.35. The first-order chi connectivity index (χ1) is 10.9. The van der Waals surface area contributed by atoms with E-state index in [4.69, 9.17) is 4.74 Å². The van der Waals surface area contributed by atoms with Gasteiger partial charge in [-0.15, -0.1) is 6.58 Å². The summed E-state index contributed by atoms with van der Waals surface area (Å²) in [6.45, 7) is 5.90.